The summed E-state index contributed by atoms with van der Waals surface area (Å²) in [5.74, 6) is 15.0. The van der Waals surface area contributed by atoms with Crippen LogP contribution < -0.4 is 18.9 Å². The first-order valence-corrected chi connectivity index (χ1v) is 45.6. The highest BCUT2D eigenvalue weighted by Gasteiger charge is 2.32. The number of benzene rings is 10. The number of fused-ring (bicyclic) bond motifs is 24. The van der Waals surface area contributed by atoms with Crippen LogP contribution in [0.4, 0.5) is 0 Å². The maximum atomic E-state index is 6.26. The minimum atomic E-state index is 0.360. The zero-order chi connectivity index (χ0) is 87.9. The summed E-state index contributed by atoms with van der Waals surface area (Å²) in [6, 6.07) is 52.9. The largest absolute Gasteiger partial charge is 0.488 e. The van der Waals surface area contributed by atoms with Gasteiger partial charge in [0, 0.05) is 114 Å². The molecule has 12 heterocycles. The van der Waals surface area contributed by atoms with Gasteiger partial charge in [-0.15, -0.1) is 0 Å². The standard InChI is InChI=1S/C27H28N4O.C27H26N4O.C27H28N4O.C27H26N4O/c2*1-14(2)26-28-12-23(30-26)17-5-7-19-18(9-17)13-32-24-11-20-16(10-21(19)24)6-8-22-25(20)31-27(29-22)15(3)4;2*1-14(2)26-28-12-23(30-26)17-5-7-19-20-9-16-6-8-22-25(31-27(29-22)15(3)4)21(16)10-18(20)13-32-24(19)11-17/h5,7,9-12,14-15H,6,8,13H2,1-4H3,(H,28,30)(H,29,31);5-12,14-15H,13H2,1-4H3,(H,28,30)(H,29,31);5,7,9-12,14-15H,6,8,13H2,1-4H3,(H,28,30)(H,29,31);5-12,14-15H,13H2,1-4H3,(H,28,30)(H,29,31). The van der Waals surface area contributed by atoms with Gasteiger partial charge in [-0.3, -0.25) is 0 Å². The van der Waals surface area contributed by atoms with Crippen molar-refractivity contribution in [3.63, 3.8) is 0 Å². The van der Waals surface area contributed by atoms with Crippen molar-refractivity contribution in [2.24, 2.45) is 0 Å². The van der Waals surface area contributed by atoms with Gasteiger partial charge in [0.25, 0.3) is 0 Å². The van der Waals surface area contributed by atoms with E-state index in [2.05, 4.69) is 316 Å². The van der Waals surface area contributed by atoms with E-state index in [1.165, 1.54) is 99.9 Å². The van der Waals surface area contributed by atoms with Crippen molar-refractivity contribution in [2.75, 3.05) is 0 Å². The maximum Gasteiger partial charge on any atom is 0.128 e. The number of aryl methyl sites for hydroxylation is 4. The second-order valence-electron chi connectivity index (χ2n) is 37.8. The Balaban J connectivity index is 0.000000104. The van der Waals surface area contributed by atoms with Crippen LogP contribution >= 0.6 is 0 Å². The lowest BCUT2D eigenvalue weighted by atomic mass is 9.85. The summed E-state index contributed by atoms with van der Waals surface area (Å²) in [5, 5.41) is 4.67. The Kier molecular flexibility index (Phi) is 20.4. The van der Waals surface area contributed by atoms with Gasteiger partial charge in [0.1, 0.15) is 96.0 Å². The first-order valence-electron chi connectivity index (χ1n) is 45.6. The molecular formula is C108H108N16O4. The van der Waals surface area contributed by atoms with E-state index in [1.807, 2.05) is 24.8 Å². The van der Waals surface area contributed by atoms with Crippen LogP contribution in [0.25, 0.3) is 156 Å². The molecule has 644 valence electrons. The molecule has 0 bridgehead atoms. The van der Waals surface area contributed by atoms with Crippen molar-refractivity contribution in [3.05, 3.63) is 262 Å². The molecule has 18 aromatic rings. The Morgan fingerprint density at radius 3 is 0.977 bits per heavy atom. The van der Waals surface area contributed by atoms with E-state index in [0.717, 1.165) is 196 Å². The molecule has 4 aliphatic heterocycles. The van der Waals surface area contributed by atoms with Crippen LogP contribution in [-0.2, 0) is 52.1 Å². The predicted molar refractivity (Wildman–Crippen MR) is 512 cm³/mol. The summed E-state index contributed by atoms with van der Waals surface area (Å²) in [6.07, 6.45) is 11.7. The van der Waals surface area contributed by atoms with Crippen molar-refractivity contribution in [2.45, 2.75) is 210 Å². The lowest BCUT2D eigenvalue weighted by Crippen LogP contribution is -2.10. The van der Waals surface area contributed by atoms with Gasteiger partial charge in [-0.2, -0.15) is 0 Å². The third-order valence-electron chi connectivity index (χ3n) is 26.1. The number of rotatable bonds is 12. The van der Waals surface area contributed by atoms with Crippen molar-refractivity contribution in [1.29, 1.82) is 0 Å². The van der Waals surface area contributed by atoms with E-state index >= 15 is 0 Å². The van der Waals surface area contributed by atoms with Gasteiger partial charge in [0.05, 0.1) is 81.0 Å². The third kappa shape index (κ3) is 14.8. The molecular weight excluding hydrogens is 1590 g/mol. The number of aromatic nitrogens is 16. The molecule has 0 amide bonds. The molecule has 8 N–H and O–H groups in total. The Morgan fingerprint density at radius 2 is 0.562 bits per heavy atom. The van der Waals surface area contributed by atoms with Gasteiger partial charge in [-0.1, -0.05) is 159 Å². The lowest BCUT2D eigenvalue weighted by molar-refractivity contribution is 0.302. The summed E-state index contributed by atoms with van der Waals surface area (Å²) in [6.45, 7) is 36.8. The fraction of sp³-hybridized carbons (Fsp3) is 0.296. The number of hydrogen-bond acceptors (Lipinski definition) is 12. The number of H-pyrrole nitrogens is 8. The molecule has 2 aliphatic carbocycles. The highest BCUT2D eigenvalue weighted by Crippen LogP contribution is 2.50. The summed E-state index contributed by atoms with van der Waals surface area (Å²) in [5.41, 5.74) is 37.2. The van der Waals surface area contributed by atoms with Crippen molar-refractivity contribution < 1.29 is 18.9 Å². The van der Waals surface area contributed by atoms with E-state index in [1.54, 1.807) is 0 Å². The molecule has 0 atom stereocenters. The van der Waals surface area contributed by atoms with E-state index < -0.39 is 0 Å². The zero-order valence-electron chi connectivity index (χ0n) is 75.7. The van der Waals surface area contributed by atoms with E-state index in [9.17, 15) is 0 Å². The first kappa shape index (κ1) is 81.2. The Bertz CT molecular complexity index is 6970. The van der Waals surface area contributed by atoms with Gasteiger partial charge in [0.2, 0.25) is 0 Å². The predicted octanol–water partition coefficient (Wildman–Crippen LogP) is 26.6. The van der Waals surface area contributed by atoms with Crippen LogP contribution in [0.5, 0.6) is 23.0 Å². The quantitative estimate of drug-likeness (QED) is 0.0568. The van der Waals surface area contributed by atoms with Crippen molar-refractivity contribution in [1.82, 2.24) is 79.7 Å². The highest BCUT2D eigenvalue weighted by molar-refractivity contribution is 6.08. The van der Waals surface area contributed by atoms with Gasteiger partial charge < -0.3 is 58.8 Å². The SMILES string of the molecule is CC(C)c1ncc(-c2ccc3c(c2)COc2cc4c(cc2-3)CCc2[nH]c(C(C)C)nc2-4)[nH]1.CC(C)c1ncc(-c2ccc3c(c2)COc2cc4c(ccc5[nH]c(C(C)C)nc54)cc2-3)[nH]1.CC(C)c1ncc(-c2ccc3c(c2)OCc2cc4c(cc2-3)CCc2[nH]c(C(C)C)nc2-4)[nH]1.CC(C)c1ncc(-c2ccc3c(c2)OCc2cc4c(ccc5[nH]c(C(C)C)nc54)cc2-3)[nH]1. The minimum absolute atomic E-state index is 0.360. The van der Waals surface area contributed by atoms with Crippen LogP contribution in [0.3, 0.4) is 0 Å². The molecule has 6 aliphatic rings. The number of nitrogens with one attached hydrogen (secondary N) is 8. The molecule has 20 nitrogen and oxygen atoms in total. The number of ether oxygens (including phenoxy) is 4. The topological polar surface area (TPSA) is 266 Å². The summed E-state index contributed by atoms with van der Waals surface area (Å²) >= 11 is 0. The van der Waals surface area contributed by atoms with Crippen LogP contribution in [0, 0.1) is 0 Å². The zero-order valence-corrected chi connectivity index (χ0v) is 75.7. The van der Waals surface area contributed by atoms with Gasteiger partial charge in [-0.25, -0.2) is 39.9 Å². The molecule has 8 aromatic heterocycles. The monoisotopic (exact) mass is 1690 g/mol. The number of nitrogens with zero attached hydrogens (tertiary/aromatic N) is 8. The molecule has 0 saturated heterocycles. The van der Waals surface area contributed by atoms with Crippen LogP contribution in [0.1, 0.15) is 249 Å². The van der Waals surface area contributed by atoms with Gasteiger partial charge >= 0.3 is 0 Å². The maximum absolute atomic E-state index is 6.26. The number of aromatic amines is 8. The molecule has 0 radical (unpaired) electrons. The molecule has 0 unspecified atom stereocenters. The first-order chi connectivity index (χ1) is 61.9. The molecule has 24 rings (SSSR count). The molecule has 10 aromatic carbocycles. The van der Waals surface area contributed by atoms with E-state index in [4.69, 9.17) is 38.9 Å². The Hall–Kier alpha value is -13.9. The van der Waals surface area contributed by atoms with Gasteiger partial charge in [-0.05, 0) is 200 Å². The smallest absolute Gasteiger partial charge is 0.128 e. The van der Waals surface area contributed by atoms with Gasteiger partial charge in [0.15, 0.2) is 0 Å². The fourth-order valence-corrected chi connectivity index (χ4v) is 18.7. The highest BCUT2D eigenvalue weighted by atomic mass is 16.5. The normalized spacial score (nSPS) is 13.6. The minimum Gasteiger partial charge on any atom is -0.488 e. The van der Waals surface area contributed by atoms with Crippen molar-refractivity contribution in [3.8, 4) is 135 Å². The number of hydrogen-bond donors (Lipinski definition) is 8. The number of imidazole rings is 8. The molecule has 0 fully saturated rings. The third-order valence-corrected chi connectivity index (χ3v) is 26.1. The molecule has 128 heavy (non-hydrogen) atoms. The molecule has 0 saturated carbocycles. The Morgan fingerprint density at radius 1 is 0.242 bits per heavy atom. The molecule has 20 heteroatoms. The summed E-state index contributed by atoms with van der Waals surface area (Å²) < 4.78 is 24.9. The summed E-state index contributed by atoms with van der Waals surface area (Å²) in [7, 11) is 0. The van der Waals surface area contributed by atoms with Crippen LogP contribution in [0.15, 0.2) is 170 Å². The molecule has 0 spiro atoms. The lowest BCUT2D eigenvalue weighted by Gasteiger charge is -2.25. The average molecular weight is 1690 g/mol. The van der Waals surface area contributed by atoms with Crippen LogP contribution in [0.2, 0.25) is 0 Å². The van der Waals surface area contributed by atoms with E-state index in [0.29, 0.717) is 73.8 Å². The Labute approximate surface area is 744 Å². The summed E-state index contributed by atoms with van der Waals surface area (Å²) in [4.78, 5) is 65.5. The second-order valence-corrected chi connectivity index (χ2v) is 37.8. The van der Waals surface area contributed by atoms with E-state index in [-0.39, 0.29) is 0 Å². The average Bonchev–Trinajstić information content (AvgIpc) is 1.49. The van der Waals surface area contributed by atoms with Crippen molar-refractivity contribution >= 4 is 43.6 Å². The van der Waals surface area contributed by atoms with Crippen LogP contribution in [-0.4, -0.2) is 79.7 Å². The second kappa shape index (κ2) is 32.2. The fourth-order valence-electron chi connectivity index (χ4n) is 18.7.